The van der Waals surface area contributed by atoms with Crippen LogP contribution in [0.3, 0.4) is 0 Å². The van der Waals surface area contributed by atoms with Crippen molar-refractivity contribution >= 4 is 29.2 Å². The van der Waals surface area contributed by atoms with E-state index in [0.29, 0.717) is 25.7 Å². The minimum atomic E-state index is -1.32. The van der Waals surface area contributed by atoms with Gasteiger partial charge in [-0.25, -0.2) is 4.98 Å². The van der Waals surface area contributed by atoms with Gasteiger partial charge in [0.05, 0.1) is 47.5 Å². The Morgan fingerprint density at radius 1 is 1.32 bits per heavy atom. The van der Waals surface area contributed by atoms with E-state index in [-0.39, 0.29) is 37.3 Å². The summed E-state index contributed by atoms with van der Waals surface area (Å²) in [6.07, 6.45) is 2.31. The van der Waals surface area contributed by atoms with E-state index in [1.807, 2.05) is 32.2 Å². The molecule has 0 radical (unpaired) electrons. The van der Waals surface area contributed by atoms with Crippen molar-refractivity contribution < 1.29 is 34.4 Å². The normalized spacial score (nSPS) is 37.8. The number of aliphatic hydroxyl groups excluding tert-OH is 3. The highest BCUT2D eigenvalue weighted by molar-refractivity contribution is 7.09. The molecule has 3 N–H and O–H groups in total. The first kappa shape index (κ1) is 30.6. The Bertz CT molecular complexity index is 1040. The van der Waals surface area contributed by atoms with Crippen LogP contribution in [-0.4, -0.2) is 68.7 Å². The summed E-state index contributed by atoms with van der Waals surface area (Å²) in [7, 11) is 0. The van der Waals surface area contributed by atoms with Gasteiger partial charge in [0.25, 0.3) is 0 Å². The van der Waals surface area contributed by atoms with Crippen molar-refractivity contribution in [1.29, 1.82) is 0 Å². The minimum Gasteiger partial charge on any atom is -0.458 e. The van der Waals surface area contributed by atoms with Crippen LogP contribution in [0.2, 0.25) is 0 Å². The van der Waals surface area contributed by atoms with Crippen molar-refractivity contribution in [2.45, 2.75) is 103 Å². The number of rotatable bonds is 5. The standard InChI is InChI=1S/C29H43NO7S/c1-7-10-28(6)23(32)14-25(33)36-22(18(3)12-21-15-38-20(5)30-21)13-24-29(16-31,37-24)11-8-9-17(2)26(34)19(4)27(28)35/h7,12,15,17,19,22-24,26,31-32,34H,1,8-11,13-14,16H2,2-6H3/b18-12+/t17-,19-,22-,23-,24-,26+,28-,29-/m0/s1. The van der Waals surface area contributed by atoms with Crippen molar-refractivity contribution in [3.63, 3.8) is 0 Å². The second-order valence-corrected chi connectivity index (χ2v) is 12.4. The number of cyclic esters (lactones) is 1. The van der Waals surface area contributed by atoms with Crippen molar-refractivity contribution in [2.24, 2.45) is 17.3 Å². The SMILES string of the molecule is C=CC[C@]1(C)C(=O)[C@@H](C)[C@H](O)[C@@H](C)CCC[C@@]2(CO)O[C@H]2C[C@@H](/C(C)=C/c2csc(C)n2)OC(=O)C[C@@H]1O. The maximum Gasteiger partial charge on any atom is 0.309 e. The topological polar surface area (TPSA) is 129 Å². The number of nitrogens with zero attached hydrogens (tertiary/aromatic N) is 1. The first-order valence-corrected chi connectivity index (χ1v) is 14.3. The quantitative estimate of drug-likeness (QED) is 0.285. The van der Waals surface area contributed by atoms with Crippen LogP contribution in [0.5, 0.6) is 0 Å². The number of allylic oxidation sites excluding steroid dienone is 1. The molecule has 2 aliphatic rings. The molecule has 8 nitrogen and oxygen atoms in total. The van der Waals surface area contributed by atoms with Gasteiger partial charge in [0.1, 0.15) is 17.5 Å². The number of carbonyl (C=O) groups excluding carboxylic acids is 2. The zero-order valence-corrected chi connectivity index (χ0v) is 24.0. The number of hydrogen-bond donors (Lipinski definition) is 3. The van der Waals surface area contributed by atoms with Gasteiger partial charge >= 0.3 is 5.97 Å². The summed E-state index contributed by atoms with van der Waals surface area (Å²) in [5.41, 5.74) is -0.476. The first-order chi connectivity index (χ1) is 17.9. The number of thiazole rings is 1. The number of fused-ring (bicyclic) bond motifs is 1. The molecule has 8 atom stereocenters. The van der Waals surface area contributed by atoms with Crippen LogP contribution in [0, 0.1) is 24.2 Å². The average molecular weight is 550 g/mol. The highest BCUT2D eigenvalue weighted by Crippen LogP contribution is 2.45. The van der Waals surface area contributed by atoms with Crippen LogP contribution in [0.15, 0.2) is 23.6 Å². The number of Topliss-reactive ketones (excluding diaryl/α,β-unsaturated/α-hetero) is 1. The molecule has 0 aliphatic carbocycles. The third-order valence-corrected chi connectivity index (χ3v) is 9.18. The van der Waals surface area contributed by atoms with E-state index in [2.05, 4.69) is 11.6 Å². The Labute approximate surface area is 229 Å². The molecule has 212 valence electrons. The molecule has 3 rings (SSSR count). The maximum absolute atomic E-state index is 13.6. The number of esters is 1. The van der Waals surface area contributed by atoms with Crippen molar-refractivity contribution in [3.05, 3.63) is 34.3 Å². The molecule has 2 saturated heterocycles. The molecule has 2 aliphatic heterocycles. The summed E-state index contributed by atoms with van der Waals surface area (Å²) < 4.78 is 11.9. The summed E-state index contributed by atoms with van der Waals surface area (Å²) in [6.45, 7) is 12.5. The fourth-order valence-electron chi connectivity index (χ4n) is 5.60. The van der Waals surface area contributed by atoms with Crippen LogP contribution in [0.1, 0.15) is 76.9 Å². The molecule has 1 aromatic heterocycles. The Kier molecular flexibility index (Phi) is 10.1. The molecular formula is C29H43NO7S. The van der Waals surface area contributed by atoms with Crippen LogP contribution < -0.4 is 0 Å². The fourth-order valence-corrected chi connectivity index (χ4v) is 6.17. The van der Waals surface area contributed by atoms with Gasteiger partial charge in [-0.2, -0.15) is 0 Å². The van der Waals surface area contributed by atoms with E-state index in [9.17, 15) is 24.9 Å². The molecule has 38 heavy (non-hydrogen) atoms. The average Bonchev–Trinajstić information content (AvgIpc) is 3.40. The maximum atomic E-state index is 13.6. The third-order valence-electron chi connectivity index (χ3n) is 8.39. The van der Waals surface area contributed by atoms with Gasteiger partial charge in [-0.1, -0.05) is 26.3 Å². The second kappa shape index (κ2) is 12.5. The molecule has 0 saturated carbocycles. The number of hydrogen-bond acceptors (Lipinski definition) is 9. The van der Waals surface area contributed by atoms with Crippen LogP contribution >= 0.6 is 11.3 Å². The smallest absolute Gasteiger partial charge is 0.309 e. The van der Waals surface area contributed by atoms with Crippen LogP contribution in [0.25, 0.3) is 6.08 Å². The number of aryl methyl sites for hydroxylation is 1. The summed E-state index contributed by atoms with van der Waals surface area (Å²) in [5.74, 6) is -1.88. The molecule has 3 heterocycles. The molecule has 1 aromatic rings. The van der Waals surface area contributed by atoms with E-state index in [1.54, 1.807) is 19.9 Å². The number of ketones is 1. The van der Waals surface area contributed by atoms with Crippen molar-refractivity contribution in [3.8, 4) is 0 Å². The summed E-state index contributed by atoms with van der Waals surface area (Å²) >= 11 is 1.53. The first-order valence-electron chi connectivity index (χ1n) is 13.5. The lowest BCUT2D eigenvalue weighted by Crippen LogP contribution is -2.47. The Hall–Kier alpha value is -1.91. The summed E-state index contributed by atoms with van der Waals surface area (Å²) in [6, 6.07) is 0. The van der Waals surface area contributed by atoms with E-state index in [4.69, 9.17) is 9.47 Å². The lowest BCUT2D eigenvalue weighted by Gasteiger charge is -2.36. The highest BCUT2D eigenvalue weighted by atomic mass is 32.1. The summed E-state index contributed by atoms with van der Waals surface area (Å²) in [5, 5.41) is 35.1. The van der Waals surface area contributed by atoms with E-state index in [1.165, 1.54) is 11.3 Å². The number of carbonyl (C=O) groups is 2. The highest BCUT2D eigenvalue weighted by Gasteiger charge is 2.56. The van der Waals surface area contributed by atoms with Crippen LogP contribution in [-0.2, 0) is 19.1 Å². The number of epoxide rings is 1. The molecule has 0 aromatic carbocycles. The van der Waals surface area contributed by atoms with Crippen molar-refractivity contribution in [2.75, 3.05) is 6.61 Å². The predicted octanol–water partition coefficient (Wildman–Crippen LogP) is 4.01. The molecule has 2 fully saturated rings. The van der Waals surface area contributed by atoms with Crippen LogP contribution in [0.4, 0.5) is 0 Å². The lowest BCUT2D eigenvalue weighted by atomic mass is 9.69. The predicted molar refractivity (Wildman–Crippen MR) is 146 cm³/mol. The van der Waals surface area contributed by atoms with Gasteiger partial charge in [-0.15, -0.1) is 17.9 Å². The van der Waals surface area contributed by atoms with E-state index >= 15 is 0 Å². The van der Waals surface area contributed by atoms with Crippen molar-refractivity contribution in [1.82, 2.24) is 4.98 Å². The zero-order chi connectivity index (χ0) is 28.3. The molecular weight excluding hydrogens is 506 g/mol. The third kappa shape index (κ3) is 6.80. The lowest BCUT2D eigenvalue weighted by molar-refractivity contribution is -0.155. The molecule has 0 amide bonds. The minimum absolute atomic E-state index is 0.156. The van der Waals surface area contributed by atoms with Gasteiger partial charge < -0.3 is 24.8 Å². The zero-order valence-electron chi connectivity index (χ0n) is 23.2. The number of aliphatic hydroxyl groups is 3. The number of ether oxygens (including phenoxy) is 2. The molecule has 0 spiro atoms. The largest absolute Gasteiger partial charge is 0.458 e. The molecule has 9 heteroatoms. The van der Waals surface area contributed by atoms with Gasteiger partial charge in [0.2, 0.25) is 0 Å². The van der Waals surface area contributed by atoms with E-state index in [0.717, 1.165) is 16.3 Å². The van der Waals surface area contributed by atoms with E-state index < -0.39 is 41.2 Å². The van der Waals surface area contributed by atoms with Gasteiger partial charge in [-0.3, -0.25) is 9.59 Å². The summed E-state index contributed by atoms with van der Waals surface area (Å²) in [4.78, 5) is 31.2. The Balaban J connectivity index is 1.92. The second-order valence-electron chi connectivity index (χ2n) is 11.4. The molecule has 0 unspecified atom stereocenters. The number of aromatic nitrogens is 1. The molecule has 0 bridgehead atoms. The Morgan fingerprint density at radius 3 is 2.63 bits per heavy atom. The monoisotopic (exact) mass is 549 g/mol. The van der Waals surface area contributed by atoms with Gasteiger partial charge in [0, 0.05) is 17.7 Å². The van der Waals surface area contributed by atoms with Gasteiger partial charge in [0.15, 0.2) is 0 Å². The Morgan fingerprint density at radius 2 is 2.03 bits per heavy atom. The fraction of sp³-hybridized carbons (Fsp3) is 0.690. The van der Waals surface area contributed by atoms with Gasteiger partial charge in [-0.05, 0) is 57.6 Å².